The Balaban J connectivity index is 1.98. The molecule has 0 atom stereocenters. The van der Waals surface area contributed by atoms with Gasteiger partial charge in [0.1, 0.15) is 6.54 Å². The smallest absolute Gasteiger partial charge is 0.240 e. The maximum atomic E-state index is 12.1. The van der Waals surface area contributed by atoms with Crippen LogP contribution < -0.4 is 10.2 Å². The van der Waals surface area contributed by atoms with Gasteiger partial charge < -0.3 is 10.2 Å². The highest BCUT2D eigenvalue weighted by Crippen LogP contribution is 2.18. The van der Waals surface area contributed by atoms with Crippen molar-refractivity contribution < 1.29 is 9.59 Å². The molecule has 0 aliphatic rings. The van der Waals surface area contributed by atoms with Gasteiger partial charge in [0.25, 0.3) is 0 Å². The lowest BCUT2D eigenvalue weighted by atomic mass is 10.1. The number of amides is 2. The Morgan fingerprint density at radius 3 is 2.43 bits per heavy atom. The van der Waals surface area contributed by atoms with Gasteiger partial charge in [0, 0.05) is 24.2 Å². The fraction of sp³-hybridized carbons (Fsp3) is 0.222. The van der Waals surface area contributed by atoms with E-state index in [0.717, 1.165) is 11.1 Å². The molecule has 0 saturated carbocycles. The SMILES string of the molecule is CC(=O)N(CC(=O)NCc1cccc(C)c1)c1ccc(Cl)cc1. The zero-order chi connectivity index (χ0) is 16.8. The van der Waals surface area contributed by atoms with Crippen LogP contribution in [0.4, 0.5) is 5.69 Å². The number of anilines is 1. The van der Waals surface area contributed by atoms with E-state index < -0.39 is 0 Å². The molecule has 0 aliphatic carbocycles. The van der Waals surface area contributed by atoms with Crippen molar-refractivity contribution >= 4 is 29.1 Å². The van der Waals surface area contributed by atoms with Crippen LogP contribution in [-0.4, -0.2) is 18.4 Å². The molecule has 0 radical (unpaired) electrons. The number of carbonyl (C=O) groups excluding carboxylic acids is 2. The van der Waals surface area contributed by atoms with Crippen LogP contribution in [0.1, 0.15) is 18.1 Å². The highest BCUT2D eigenvalue weighted by atomic mass is 35.5. The van der Waals surface area contributed by atoms with Crippen molar-refractivity contribution in [2.24, 2.45) is 0 Å². The first-order valence-electron chi connectivity index (χ1n) is 7.31. The van der Waals surface area contributed by atoms with Gasteiger partial charge in [-0.05, 0) is 36.8 Å². The van der Waals surface area contributed by atoms with Crippen molar-refractivity contribution in [3.8, 4) is 0 Å². The van der Waals surface area contributed by atoms with Crippen molar-refractivity contribution in [2.45, 2.75) is 20.4 Å². The fourth-order valence-corrected chi connectivity index (χ4v) is 2.35. The number of aryl methyl sites for hydroxylation is 1. The molecule has 0 heterocycles. The lowest BCUT2D eigenvalue weighted by molar-refractivity contribution is -0.123. The van der Waals surface area contributed by atoms with Crippen LogP contribution in [0.3, 0.4) is 0 Å². The third kappa shape index (κ3) is 5.11. The summed E-state index contributed by atoms with van der Waals surface area (Å²) in [4.78, 5) is 25.3. The van der Waals surface area contributed by atoms with Crippen LogP contribution in [0.5, 0.6) is 0 Å². The standard InChI is InChI=1S/C18H19ClN2O2/c1-13-4-3-5-15(10-13)11-20-18(23)12-21(14(2)22)17-8-6-16(19)7-9-17/h3-10H,11-12H2,1-2H3,(H,20,23). The molecule has 1 N–H and O–H groups in total. The second-order valence-electron chi connectivity index (χ2n) is 5.35. The van der Waals surface area contributed by atoms with Gasteiger partial charge in [0.05, 0.1) is 0 Å². The Morgan fingerprint density at radius 2 is 1.83 bits per heavy atom. The molecule has 0 aliphatic heterocycles. The summed E-state index contributed by atoms with van der Waals surface area (Å²) in [6, 6.07) is 14.7. The monoisotopic (exact) mass is 330 g/mol. The first kappa shape index (κ1) is 17.0. The van der Waals surface area contributed by atoms with Gasteiger partial charge in [0.15, 0.2) is 0 Å². The first-order chi connectivity index (χ1) is 11.0. The van der Waals surface area contributed by atoms with Crippen LogP contribution >= 0.6 is 11.6 Å². The lowest BCUT2D eigenvalue weighted by Gasteiger charge is -2.20. The number of nitrogens with one attached hydrogen (secondary N) is 1. The van der Waals surface area contributed by atoms with Gasteiger partial charge in [-0.2, -0.15) is 0 Å². The summed E-state index contributed by atoms with van der Waals surface area (Å²) >= 11 is 5.85. The molecule has 0 fully saturated rings. The van der Waals surface area contributed by atoms with E-state index in [1.54, 1.807) is 24.3 Å². The number of hydrogen-bond acceptors (Lipinski definition) is 2. The molecular weight excluding hydrogens is 312 g/mol. The summed E-state index contributed by atoms with van der Waals surface area (Å²) in [6.45, 7) is 3.85. The minimum Gasteiger partial charge on any atom is -0.350 e. The minimum atomic E-state index is -0.211. The number of halogens is 1. The van der Waals surface area contributed by atoms with Gasteiger partial charge in [-0.15, -0.1) is 0 Å². The van der Waals surface area contributed by atoms with Crippen molar-refractivity contribution in [1.82, 2.24) is 5.32 Å². The van der Waals surface area contributed by atoms with E-state index >= 15 is 0 Å². The Bertz CT molecular complexity index is 698. The van der Waals surface area contributed by atoms with Crippen LogP contribution in [0.25, 0.3) is 0 Å². The molecule has 2 aromatic carbocycles. The topological polar surface area (TPSA) is 49.4 Å². The summed E-state index contributed by atoms with van der Waals surface area (Å²) in [5, 5.41) is 3.42. The zero-order valence-electron chi connectivity index (χ0n) is 13.2. The number of carbonyl (C=O) groups is 2. The van der Waals surface area contributed by atoms with Crippen LogP contribution in [0.2, 0.25) is 5.02 Å². The number of rotatable bonds is 5. The molecule has 0 bridgehead atoms. The van der Waals surface area contributed by atoms with E-state index in [0.29, 0.717) is 17.3 Å². The Labute approximate surface area is 141 Å². The summed E-state index contributed by atoms with van der Waals surface area (Å²) in [5.41, 5.74) is 2.81. The zero-order valence-corrected chi connectivity index (χ0v) is 13.9. The van der Waals surface area contributed by atoms with Crippen molar-refractivity contribution in [2.75, 3.05) is 11.4 Å². The highest BCUT2D eigenvalue weighted by Gasteiger charge is 2.15. The molecule has 2 aromatic rings. The normalized spacial score (nSPS) is 10.2. The lowest BCUT2D eigenvalue weighted by Crippen LogP contribution is -2.39. The largest absolute Gasteiger partial charge is 0.350 e. The average molecular weight is 331 g/mol. The number of benzene rings is 2. The Hall–Kier alpha value is -2.33. The van der Waals surface area contributed by atoms with E-state index in [-0.39, 0.29) is 18.4 Å². The molecule has 0 spiro atoms. The summed E-state index contributed by atoms with van der Waals surface area (Å²) < 4.78 is 0. The molecule has 2 rings (SSSR count). The van der Waals surface area contributed by atoms with Gasteiger partial charge in [-0.25, -0.2) is 0 Å². The maximum absolute atomic E-state index is 12.1. The maximum Gasteiger partial charge on any atom is 0.240 e. The first-order valence-corrected chi connectivity index (χ1v) is 7.69. The van der Waals surface area contributed by atoms with Crippen molar-refractivity contribution in [1.29, 1.82) is 0 Å². The van der Waals surface area contributed by atoms with Gasteiger partial charge >= 0.3 is 0 Å². The summed E-state index contributed by atoms with van der Waals surface area (Å²) in [5.74, 6) is -0.408. The second kappa shape index (κ2) is 7.79. The van der Waals surface area contributed by atoms with Crippen LogP contribution in [-0.2, 0) is 16.1 Å². The van der Waals surface area contributed by atoms with Crippen LogP contribution in [0, 0.1) is 6.92 Å². The van der Waals surface area contributed by atoms with Gasteiger partial charge in [-0.3, -0.25) is 9.59 Å². The molecular formula is C18H19ClN2O2. The van der Waals surface area contributed by atoms with Gasteiger partial charge in [0.2, 0.25) is 11.8 Å². The molecule has 2 amide bonds. The highest BCUT2D eigenvalue weighted by molar-refractivity contribution is 6.30. The molecule has 4 nitrogen and oxygen atoms in total. The molecule has 0 saturated heterocycles. The van der Waals surface area contributed by atoms with Gasteiger partial charge in [-0.1, -0.05) is 41.4 Å². The summed E-state index contributed by atoms with van der Waals surface area (Å²) in [7, 11) is 0. The molecule has 120 valence electrons. The van der Waals surface area contributed by atoms with Crippen molar-refractivity contribution in [3.63, 3.8) is 0 Å². The summed E-state index contributed by atoms with van der Waals surface area (Å²) in [6.07, 6.45) is 0. The van der Waals surface area contributed by atoms with E-state index in [2.05, 4.69) is 5.32 Å². The van der Waals surface area contributed by atoms with Crippen LogP contribution in [0.15, 0.2) is 48.5 Å². The molecule has 0 unspecified atom stereocenters. The Morgan fingerprint density at radius 1 is 1.13 bits per heavy atom. The second-order valence-corrected chi connectivity index (χ2v) is 5.78. The number of nitrogens with zero attached hydrogens (tertiary/aromatic N) is 1. The van der Waals surface area contributed by atoms with E-state index in [1.807, 2.05) is 31.2 Å². The number of hydrogen-bond donors (Lipinski definition) is 1. The third-order valence-electron chi connectivity index (χ3n) is 3.39. The fourth-order valence-electron chi connectivity index (χ4n) is 2.23. The van der Waals surface area contributed by atoms with E-state index in [4.69, 9.17) is 11.6 Å². The predicted octanol–water partition coefficient (Wildman–Crippen LogP) is 3.32. The van der Waals surface area contributed by atoms with Crippen molar-refractivity contribution in [3.05, 3.63) is 64.7 Å². The predicted molar refractivity (Wildman–Crippen MR) is 92.5 cm³/mol. The molecule has 23 heavy (non-hydrogen) atoms. The van der Waals surface area contributed by atoms with E-state index in [1.165, 1.54) is 11.8 Å². The quantitative estimate of drug-likeness (QED) is 0.914. The average Bonchev–Trinajstić information content (AvgIpc) is 2.51. The Kier molecular flexibility index (Phi) is 5.77. The third-order valence-corrected chi connectivity index (χ3v) is 3.64. The molecule has 0 aromatic heterocycles. The molecule has 5 heteroatoms. The minimum absolute atomic E-state index is 0.0250. The van der Waals surface area contributed by atoms with E-state index in [9.17, 15) is 9.59 Å².